The lowest BCUT2D eigenvalue weighted by atomic mass is 10.0. The first-order valence-electron chi connectivity index (χ1n) is 5.23. The van der Waals surface area contributed by atoms with Crippen molar-refractivity contribution in [1.82, 2.24) is 10.3 Å². The highest BCUT2D eigenvalue weighted by Gasteiger charge is 2.22. The van der Waals surface area contributed by atoms with Crippen molar-refractivity contribution in [2.45, 2.75) is 19.9 Å². The van der Waals surface area contributed by atoms with Gasteiger partial charge in [-0.1, -0.05) is 13.8 Å². The minimum absolute atomic E-state index is 0.0856. The van der Waals surface area contributed by atoms with Gasteiger partial charge in [-0.3, -0.25) is 14.6 Å². The SMILES string of the molecule is CC(C)C(NC(=O)c1cc(N)ccn1)C(N)=O. The van der Waals surface area contributed by atoms with Crippen LogP contribution in [0.5, 0.6) is 0 Å². The molecule has 0 saturated heterocycles. The van der Waals surface area contributed by atoms with Gasteiger partial charge in [0.1, 0.15) is 11.7 Å². The van der Waals surface area contributed by atoms with Gasteiger partial charge in [-0.15, -0.1) is 0 Å². The van der Waals surface area contributed by atoms with E-state index in [-0.39, 0.29) is 11.6 Å². The molecule has 1 rings (SSSR count). The number of hydrogen-bond acceptors (Lipinski definition) is 4. The molecule has 1 heterocycles. The van der Waals surface area contributed by atoms with Gasteiger partial charge >= 0.3 is 0 Å². The molecule has 0 aliphatic heterocycles. The first-order chi connectivity index (χ1) is 7.91. The topological polar surface area (TPSA) is 111 Å². The van der Waals surface area contributed by atoms with Crippen molar-refractivity contribution in [2.75, 3.05) is 5.73 Å². The molecule has 0 radical (unpaired) electrons. The lowest BCUT2D eigenvalue weighted by Crippen LogP contribution is -2.47. The number of aromatic nitrogens is 1. The van der Waals surface area contributed by atoms with E-state index in [0.29, 0.717) is 5.69 Å². The van der Waals surface area contributed by atoms with Crippen LogP contribution in [0.1, 0.15) is 24.3 Å². The highest BCUT2D eigenvalue weighted by molar-refractivity contribution is 5.96. The fourth-order valence-electron chi connectivity index (χ4n) is 1.35. The highest BCUT2D eigenvalue weighted by atomic mass is 16.2. The average Bonchev–Trinajstić information content (AvgIpc) is 2.24. The van der Waals surface area contributed by atoms with Crippen molar-refractivity contribution < 1.29 is 9.59 Å². The van der Waals surface area contributed by atoms with E-state index in [4.69, 9.17) is 11.5 Å². The van der Waals surface area contributed by atoms with Crippen LogP contribution in [-0.2, 0) is 4.79 Å². The van der Waals surface area contributed by atoms with E-state index in [9.17, 15) is 9.59 Å². The number of carbonyl (C=O) groups is 2. The third kappa shape index (κ3) is 3.44. The molecule has 1 unspecified atom stereocenters. The predicted molar refractivity (Wildman–Crippen MR) is 63.9 cm³/mol. The third-order valence-electron chi connectivity index (χ3n) is 2.28. The second-order valence-corrected chi connectivity index (χ2v) is 4.07. The van der Waals surface area contributed by atoms with Crippen LogP contribution in [-0.4, -0.2) is 22.8 Å². The van der Waals surface area contributed by atoms with E-state index >= 15 is 0 Å². The standard InChI is InChI=1S/C11H16N4O2/c1-6(2)9(10(13)16)15-11(17)8-5-7(12)3-4-14-8/h3-6,9H,1-2H3,(H2,12,14)(H2,13,16)(H,15,17). The molecule has 92 valence electrons. The average molecular weight is 236 g/mol. The lowest BCUT2D eigenvalue weighted by Gasteiger charge is -2.18. The number of carbonyl (C=O) groups excluding carboxylic acids is 2. The van der Waals surface area contributed by atoms with Gasteiger partial charge < -0.3 is 16.8 Å². The molecule has 6 nitrogen and oxygen atoms in total. The van der Waals surface area contributed by atoms with Gasteiger partial charge in [0.15, 0.2) is 0 Å². The predicted octanol–water partition coefficient (Wildman–Crippen LogP) is -0.0965. The molecular formula is C11H16N4O2. The Labute approximate surface area is 99.4 Å². The number of nitrogens with two attached hydrogens (primary N) is 2. The van der Waals surface area contributed by atoms with Crippen molar-refractivity contribution in [3.8, 4) is 0 Å². The van der Waals surface area contributed by atoms with Crippen LogP contribution in [0.15, 0.2) is 18.3 Å². The van der Waals surface area contributed by atoms with Crippen LogP contribution in [0.25, 0.3) is 0 Å². The Morgan fingerprint density at radius 2 is 2.06 bits per heavy atom. The van der Waals surface area contributed by atoms with Gasteiger partial charge in [0, 0.05) is 11.9 Å². The van der Waals surface area contributed by atoms with E-state index in [1.807, 2.05) is 0 Å². The molecule has 0 fully saturated rings. The molecule has 1 aromatic heterocycles. The number of amides is 2. The summed E-state index contributed by atoms with van der Waals surface area (Å²) in [5.41, 5.74) is 11.3. The molecule has 2 amide bonds. The van der Waals surface area contributed by atoms with Crippen LogP contribution < -0.4 is 16.8 Å². The molecular weight excluding hydrogens is 220 g/mol. The zero-order valence-corrected chi connectivity index (χ0v) is 9.81. The summed E-state index contributed by atoms with van der Waals surface area (Å²) in [6.45, 7) is 3.59. The molecule has 0 bridgehead atoms. The molecule has 0 aliphatic carbocycles. The van der Waals surface area contributed by atoms with Gasteiger partial charge in [0.2, 0.25) is 5.91 Å². The quantitative estimate of drug-likeness (QED) is 0.678. The summed E-state index contributed by atoms with van der Waals surface area (Å²) in [6.07, 6.45) is 1.43. The summed E-state index contributed by atoms with van der Waals surface area (Å²) in [5.74, 6) is -1.12. The van der Waals surface area contributed by atoms with E-state index in [0.717, 1.165) is 0 Å². The molecule has 0 aromatic carbocycles. The van der Waals surface area contributed by atoms with Crippen LogP contribution in [0.2, 0.25) is 0 Å². The highest BCUT2D eigenvalue weighted by Crippen LogP contribution is 2.05. The van der Waals surface area contributed by atoms with Crippen LogP contribution in [0.4, 0.5) is 5.69 Å². The number of pyridine rings is 1. The van der Waals surface area contributed by atoms with Gasteiger partial charge in [-0.05, 0) is 18.1 Å². The van der Waals surface area contributed by atoms with Crippen molar-refractivity contribution in [3.63, 3.8) is 0 Å². The summed E-state index contributed by atoms with van der Waals surface area (Å²) in [4.78, 5) is 26.8. The monoisotopic (exact) mass is 236 g/mol. The van der Waals surface area contributed by atoms with E-state index < -0.39 is 17.9 Å². The number of primary amides is 1. The second-order valence-electron chi connectivity index (χ2n) is 4.07. The number of nitrogens with one attached hydrogen (secondary N) is 1. The van der Waals surface area contributed by atoms with E-state index in [1.54, 1.807) is 19.9 Å². The van der Waals surface area contributed by atoms with Gasteiger partial charge in [0.05, 0.1) is 0 Å². The molecule has 1 aromatic rings. The van der Waals surface area contributed by atoms with Crippen LogP contribution in [0.3, 0.4) is 0 Å². The Morgan fingerprint density at radius 1 is 1.41 bits per heavy atom. The molecule has 0 spiro atoms. The normalized spacial score (nSPS) is 12.2. The molecule has 6 heteroatoms. The smallest absolute Gasteiger partial charge is 0.270 e. The Balaban J connectivity index is 2.81. The van der Waals surface area contributed by atoms with Crippen molar-refractivity contribution in [2.24, 2.45) is 11.7 Å². The molecule has 5 N–H and O–H groups in total. The summed E-state index contributed by atoms with van der Waals surface area (Å²) in [7, 11) is 0. The van der Waals surface area contributed by atoms with Gasteiger partial charge in [0.25, 0.3) is 5.91 Å². The molecule has 1 atom stereocenters. The van der Waals surface area contributed by atoms with Crippen molar-refractivity contribution in [3.05, 3.63) is 24.0 Å². The fourth-order valence-corrected chi connectivity index (χ4v) is 1.35. The second kappa shape index (κ2) is 5.29. The number of nitrogen functional groups attached to an aromatic ring is 1. The Morgan fingerprint density at radius 3 is 2.53 bits per heavy atom. The maximum absolute atomic E-state index is 11.8. The van der Waals surface area contributed by atoms with E-state index in [2.05, 4.69) is 10.3 Å². The van der Waals surface area contributed by atoms with Crippen LogP contribution >= 0.6 is 0 Å². The van der Waals surface area contributed by atoms with Crippen molar-refractivity contribution in [1.29, 1.82) is 0 Å². The minimum atomic E-state index is -0.717. The van der Waals surface area contributed by atoms with Crippen LogP contribution in [0, 0.1) is 5.92 Å². The number of anilines is 1. The summed E-state index contributed by atoms with van der Waals surface area (Å²) < 4.78 is 0. The zero-order chi connectivity index (χ0) is 13.0. The maximum Gasteiger partial charge on any atom is 0.270 e. The van der Waals surface area contributed by atoms with Crippen molar-refractivity contribution >= 4 is 17.5 Å². The number of nitrogens with zero attached hydrogens (tertiary/aromatic N) is 1. The minimum Gasteiger partial charge on any atom is -0.399 e. The first-order valence-corrected chi connectivity index (χ1v) is 5.23. The Hall–Kier alpha value is -2.11. The number of hydrogen-bond donors (Lipinski definition) is 3. The zero-order valence-electron chi connectivity index (χ0n) is 9.81. The maximum atomic E-state index is 11.8. The van der Waals surface area contributed by atoms with E-state index in [1.165, 1.54) is 12.3 Å². The largest absolute Gasteiger partial charge is 0.399 e. The van der Waals surface area contributed by atoms with Gasteiger partial charge in [-0.2, -0.15) is 0 Å². The Bertz CT molecular complexity index is 431. The molecule has 0 aliphatic rings. The molecule has 17 heavy (non-hydrogen) atoms. The Kier molecular flexibility index (Phi) is 4.03. The first kappa shape index (κ1) is 13.0. The van der Waals surface area contributed by atoms with Gasteiger partial charge in [-0.25, -0.2) is 0 Å². The lowest BCUT2D eigenvalue weighted by molar-refractivity contribution is -0.120. The summed E-state index contributed by atoms with van der Waals surface area (Å²) >= 11 is 0. The fraction of sp³-hybridized carbons (Fsp3) is 0.364. The third-order valence-corrected chi connectivity index (χ3v) is 2.28. The summed E-state index contributed by atoms with van der Waals surface area (Å²) in [5, 5.41) is 2.53. The number of rotatable bonds is 4. The summed E-state index contributed by atoms with van der Waals surface area (Å²) in [6, 6.07) is 2.30. The molecule has 0 saturated carbocycles.